The van der Waals surface area contributed by atoms with Gasteiger partial charge in [0, 0.05) is 27.6 Å². The number of nitrogens with zero attached hydrogens (tertiary/aromatic N) is 3. The molecule has 5 heteroatoms. The number of rotatable bonds is 8. The summed E-state index contributed by atoms with van der Waals surface area (Å²) >= 11 is 0. The quantitative estimate of drug-likeness (QED) is 0.0865. The number of furan rings is 1. The van der Waals surface area contributed by atoms with E-state index in [0.717, 1.165) is 99.9 Å². The van der Waals surface area contributed by atoms with Crippen LogP contribution < -0.4 is 0 Å². The number of pyridine rings is 1. The largest absolute Gasteiger partial charge is 2.00 e. The minimum absolute atomic E-state index is 0. The van der Waals surface area contributed by atoms with Crippen LogP contribution in [0, 0.1) is 43.2 Å². The molecule has 0 unspecified atom stereocenters. The molecule has 0 bridgehead atoms. The summed E-state index contributed by atoms with van der Waals surface area (Å²) < 4.78 is 6.40. The first-order valence-electron chi connectivity index (χ1n) is 20.0. The Hall–Kier alpha value is -6.90. The molecule has 0 radical (unpaired) electrons. The molecule has 0 amide bonds. The Morgan fingerprint density at radius 2 is 1.25 bits per heavy atom. The average Bonchev–Trinajstić information content (AvgIpc) is 3.71. The van der Waals surface area contributed by atoms with Gasteiger partial charge >= 0.3 is 31.1 Å². The standard InChI is InChI=1S/C56H37N3O.U/c1-37(39-16-6-3-7-17-39)57-56(58-38(2)40-18-8-4-9-19-40)43-30-28-42(29-31-43)54-51(41-20-10-5-11-21-41)35-47-33-32-45(36-52(47)59-54)44-22-14-23-46(34-44)48-25-15-26-50-49-24-12-13-27-53(49)60-55(48)50;/h3-20,22-34,36H,1H2,2H3;/q-2;+2. The van der Waals surface area contributed by atoms with Crippen molar-refractivity contribution in [2.45, 2.75) is 6.92 Å². The van der Waals surface area contributed by atoms with Crippen LogP contribution in [0.15, 0.2) is 215 Å². The Morgan fingerprint density at radius 1 is 0.574 bits per heavy atom. The summed E-state index contributed by atoms with van der Waals surface area (Å²) in [5.74, 6) is 0.579. The predicted molar refractivity (Wildman–Crippen MR) is 249 cm³/mol. The number of aromatic nitrogens is 1. The van der Waals surface area contributed by atoms with Gasteiger partial charge in [-0.05, 0) is 63.6 Å². The van der Waals surface area contributed by atoms with Crippen molar-refractivity contribution in [3.05, 3.63) is 230 Å². The molecule has 0 aliphatic carbocycles. The molecule has 10 aromatic rings. The van der Waals surface area contributed by atoms with Gasteiger partial charge in [-0.1, -0.05) is 158 Å². The van der Waals surface area contributed by atoms with Gasteiger partial charge in [0.2, 0.25) is 0 Å². The van der Waals surface area contributed by atoms with Gasteiger partial charge in [0.1, 0.15) is 11.2 Å². The maximum Gasteiger partial charge on any atom is 2.00 e. The van der Waals surface area contributed by atoms with Crippen LogP contribution in [0.4, 0.5) is 0 Å². The first kappa shape index (κ1) is 39.6. The topological polar surface area (TPSA) is 50.8 Å². The molecule has 286 valence electrons. The number of para-hydroxylation sites is 2. The summed E-state index contributed by atoms with van der Waals surface area (Å²) in [7, 11) is 0. The van der Waals surface area contributed by atoms with Crippen molar-refractivity contribution >= 4 is 50.1 Å². The molecule has 0 saturated heterocycles. The molecule has 0 fully saturated rings. The molecule has 4 nitrogen and oxygen atoms in total. The van der Waals surface area contributed by atoms with E-state index >= 15 is 0 Å². The van der Waals surface area contributed by atoms with Gasteiger partial charge in [0.25, 0.3) is 0 Å². The zero-order chi connectivity index (χ0) is 40.4. The molecule has 0 N–H and O–H groups in total. The fourth-order valence-electron chi connectivity index (χ4n) is 7.73. The number of fused-ring (bicyclic) bond motifs is 4. The van der Waals surface area contributed by atoms with Crippen molar-refractivity contribution in [2.24, 2.45) is 9.98 Å². The summed E-state index contributed by atoms with van der Waals surface area (Å²) in [5.41, 5.74) is 14.8. The zero-order valence-electron chi connectivity index (χ0n) is 33.4. The van der Waals surface area contributed by atoms with Crippen LogP contribution in [0.3, 0.4) is 0 Å². The van der Waals surface area contributed by atoms with Crippen LogP contribution in [0.2, 0.25) is 0 Å². The molecular weight excluding hydrogens is 969 g/mol. The minimum Gasteiger partial charge on any atom is -0.455 e. The molecule has 0 saturated carbocycles. The van der Waals surface area contributed by atoms with Crippen LogP contribution in [0.5, 0.6) is 0 Å². The second-order valence-corrected chi connectivity index (χ2v) is 14.7. The average molecular weight is 1010 g/mol. The smallest absolute Gasteiger partial charge is 0.455 e. The monoisotopic (exact) mass is 1010 g/mol. The predicted octanol–water partition coefficient (Wildman–Crippen LogP) is 14.3. The third kappa shape index (κ3) is 8.07. The Labute approximate surface area is 379 Å². The molecule has 0 spiro atoms. The molecule has 0 aliphatic rings. The Bertz CT molecular complexity index is 3260. The van der Waals surface area contributed by atoms with Crippen LogP contribution >= 0.6 is 0 Å². The first-order valence-corrected chi connectivity index (χ1v) is 20.0. The van der Waals surface area contributed by atoms with Crippen molar-refractivity contribution in [1.82, 2.24) is 4.98 Å². The molecule has 2 aromatic heterocycles. The zero-order valence-corrected chi connectivity index (χ0v) is 37.6. The molecule has 0 aliphatic heterocycles. The van der Waals surface area contributed by atoms with Crippen molar-refractivity contribution in [3.63, 3.8) is 0 Å². The fraction of sp³-hybridized carbons (Fsp3) is 0.0179. The first-order chi connectivity index (χ1) is 29.6. The van der Waals surface area contributed by atoms with Crippen molar-refractivity contribution < 1.29 is 35.5 Å². The van der Waals surface area contributed by atoms with E-state index in [1.807, 2.05) is 85.8 Å². The third-order valence-electron chi connectivity index (χ3n) is 10.8. The van der Waals surface area contributed by atoms with Gasteiger partial charge in [-0.2, -0.15) is 35.9 Å². The summed E-state index contributed by atoms with van der Waals surface area (Å²) in [6.45, 7) is 6.31. The molecule has 2 heterocycles. The van der Waals surface area contributed by atoms with E-state index in [2.05, 4.69) is 134 Å². The molecule has 8 aromatic carbocycles. The summed E-state index contributed by atoms with van der Waals surface area (Å²) in [5, 5.41) is 3.16. The van der Waals surface area contributed by atoms with Crippen molar-refractivity contribution in [3.8, 4) is 44.6 Å². The summed E-state index contributed by atoms with van der Waals surface area (Å²) in [4.78, 5) is 15.4. The SMILES string of the molecule is C=C(N=C(N=C(C)c1ccccc1)c1ccc(-c2nc3cc(-c4cccc(-c5cccc6c5oc5ccccc56)c4)ccc3[c-]c2-c2[c-]cccc2)cc1)c1ccccc1.[U+2]. The van der Waals surface area contributed by atoms with E-state index in [-0.39, 0.29) is 31.1 Å². The number of hydrogen-bond acceptors (Lipinski definition) is 3. The Morgan fingerprint density at radius 3 is 2.03 bits per heavy atom. The van der Waals surface area contributed by atoms with E-state index in [4.69, 9.17) is 19.4 Å². The summed E-state index contributed by atoms with van der Waals surface area (Å²) in [6, 6.07) is 73.2. The van der Waals surface area contributed by atoms with Gasteiger partial charge in [-0.3, -0.25) is 0 Å². The number of amidine groups is 1. The Kier molecular flexibility index (Phi) is 11.3. The molecule has 61 heavy (non-hydrogen) atoms. The Balaban J connectivity index is 0.00000476. The van der Waals surface area contributed by atoms with E-state index < -0.39 is 0 Å². The van der Waals surface area contributed by atoms with Crippen molar-refractivity contribution in [1.29, 1.82) is 0 Å². The van der Waals surface area contributed by atoms with E-state index in [1.54, 1.807) is 0 Å². The van der Waals surface area contributed by atoms with Gasteiger partial charge in [-0.15, -0.1) is 17.5 Å². The third-order valence-corrected chi connectivity index (χ3v) is 10.8. The van der Waals surface area contributed by atoms with Gasteiger partial charge in [0.05, 0.1) is 5.70 Å². The van der Waals surface area contributed by atoms with Crippen LogP contribution in [0.1, 0.15) is 23.6 Å². The second-order valence-electron chi connectivity index (χ2n) is 14.7. The number of hydrogen-bond donors (Lipinski definition) is 0. The maximum atomic E-state index is 6.40. The number of benzene rings is 8. The van der Waals surface area contributed by atoms with E-state index in [9.17, 15) is 0 Å². The van der Waals surface area contributed by atoms with Crippen LogP contribution in [-0.4, -0.2) is 16.5 Å². The fourth-order valence-corrected chi connectivity index (χ4v) is 7.73. The van der Waals surface area contributed by atoms with E-state index in [0.29, 0.717) is 11.5 Å². The van der Waals surface area contributed by atoms with E-state index in [1.165, 1.54) is 0 Å². The minimum atomic E-state index is 0. The van der Waals surface area contributed by atoms with Crippen LogP contribution in [-0.2, 0) is 0 Å². The van der Waals surface area contributed by atoms with Crippen LogP contribution in [0.25, 0.3) is 83.2 Å². The summed E-state index contributed by atoms with van der Waals surface area (Å²) in [6.07, 6.45) is 0. The van der Waals surface area contributed by atoms with Gasteiger partial charge in [-0.25, -0.2) is 15.5 Å². The van der Waals surface area contributed by atoms with Crippen molar-refractivity contribution in [2.75, 3.05) is 0 Å². The van der Waals surface area contributed by atoms with Gasteiger partial charge < -0.3 is 9.40 Å². The normalized spacial score (nSPS) is 11.8. The second kappa shape index (κ2) is 17.4. The molecular formula is C56H37N3OU. The number of aliphatic imine (C=N–C) groups is 2. The molecule has 0 atom stereocenters. The maximum absolute atomic E-state index is 6.40. The van der Waals surface area contributed by atoms with Gasteiger partial charge in [0.15, 0.2) is 5.84 Å². The molecule has 10 rings (SSSR count).